The first kappa shape index (κ1) is 23.5. The second-order valence-corrected chi connectivity index (χ2v) is 7.31. The summed E-state index contributed by atoms with van der Waals surface area (Å²) in [7, 11) is 0. The van der Waals surface area contributed by atoms with Crippen molar-refractivity contribution >= 4 is 29.7 Å². The molecule has 0 aromatic carbocycles. The molecule has 1 heterocycles. The maximum Gasteiger partial charge on any atom is 0.303 e. The third-order valence-electron chi connectivity index (χ3n) is 3.76. The lowest BCUT2D eigenvalue weighted by molar-refractivity contribution is -0.236. The second-order valence-electron chi connectivity index (χ2n) is 6.10. The fourth-order valence-corrected chi connectivity index (χ4v) is 3.95. The van der Waals surface area contributed by atoms with Gasteiger partial charge < -0.3 is 24.1 Å². The number of carbonyl (C=O) groups excluding carboxylic acids is 3. The Balaban J connectivity index is 3.02. The summed E-state index contributed by atoms with van der Waals surface area (Å²) in [5.41, 5.74) is -0.675. The van der Waals surface area contributed by atoms with E-state index in [4.69, 9.17) is 18.9 Å². The molecular formula is C18H28O8S. The predicted octanol–water partition coefficient (Wildman–Crippen LogP) is 1.59. The third kappa shape index (κ3) is 7.90. The number of esters is 3. The highest BCUT2D eigenvalue weighted by Gasteiger charge is 2.51. The van der Waals surface area contributed by atoms with Crippen LogP contribution in [0.4, 0.5) is 0 Å². The van der Waals surface area contributed by atoms with Crippen molar-refractivity contribution in [1.29, 1.82) is 0 Å². The average molecular weight is 404 g/mol. The molecule has 1 N–H and O–H groups in total. The van der Waals surface area contributed by atoms with Crippen LogP contribution in [0.15, 0.2) is 12.7 Å². The predicted molar refractivity (Wildman–Crippen MR) is 98.9 cm³/mol. The van der Waals surface area contributed by atoms with E-state index in [1.807, 2.05) is 6.08 Å². The van der Waals surface area contributed by atoms with Gasteiger partial charge in [-0.3, -0.25) is 14.4 Å². The largest absolute Gasteiger partial charge is 0.456 e. The summed E-state index contributed by atoms with van der Waals surface area (Å²) in [6.07, 6.45) is 0.533. The van der Waals surface area contributed by atoms with E-state index in [1.54, 1.807) is 0 Å². The molecule has 1 rings (SSSR count). The number of ether oxygens (including phenoxy) is 4. The molecule has 5 unspecified atom stereocenters. The van der Waals surface area contributed by atoms with Crippen molar-refractivity contribution in [3.8, 4) is 0 Å². The molecule has 1 fully saturated rings. The topological polar surface area (TPSA) is 108 Å². The number of hydrogen-bond acceptors (Lipinski definition) is 9. The highest BCUT2D eigenvalue weighted by Crippen LogP contribution is 2.34. The van der Waals surface area contributed by atoms with Crippen LogP contribution in [0.1, 0.15) is 40.0 Å². The van der Waals surface area contributed by atoms with Crippen LogP contribution in [0.25, 0.3) is 0 Å². The molecule has 0 aliphatic carbocycles. The Kier molecular flexibility index (Phi) is 10.4. The van der Waals surface area contributed by atoms with Gasteiger partial charge >= 0.3 is 17.9 Å². The summed E-state index contributed by atoms with van der Waals surface area (Å²) >= 11 is 1.39. The van der Waals surface area contributed by atoms with Crippen LogP contribution in [0.3, 0.4) is 0 Å². The summed E-state index contributed by atoms with van der Waals surface area (Å²) in [5, 5.41) is 9.67. The van der Waals surface area contributed by atoms with E-state index in [0.29, 0.717) is 5.75 Å². The summed E-state index contributed by atoms with van der Waals surface area (Å²) in [5.74, 6) is -1.12. The molecule has 0 bridgehead atoms. The molecule has 0 spiro atoms. The monoisotopic (exact) mass is 404 g/mol. The van der Waals surface area contributed by atoms with E-state index in [2.05, 4.69) is 6.58 Å². The number of thioether (sulfide) groups is 1. The number of rotatable bonds is 10. The molecule has 1 saturated heterocycles. The Bertz CT molecular complexity index is 523. The molecular weight excluding hydrogens is 376 g/mol. The van der Waals surface area contributed by atoms with Gasteiger partial charge in [0.15, 0.2) is 18.3 Å². The van der Waals surface area contributed by atoms with E-state index in [0.717, 1.165) is 19.3 Å². The molecule has 0 saturated carbocycles. The van der Waals surface area contributed by atoms with Crippen molar-refractivity contribution in [3.63, 3.8) is 0 Å². The molecule has 5 atom stereocenters. The Morgan fingerprint density at radius 2 is 1.56 bits per heavy atom. The number of carbonyl (C=O) groups is 3. The highest BCUT2D eigenvalue weighted by molar-refractivity contribution is 7.99. The first-order valence-electron chi connectivity index (χ1n) is 8.80. The minimum Gasteiger partial charge on any atom is -0.456 e. The maximum absolute atomic E-state index is 11.6. The minimum atomic E-state index is -1.08. The normalized spacial score (nSPS) is 27.5. The summed E-state index contributed by atoms with van der Waals surface area (Å²) in [4.78, 5) is 34.6. The lowest BCUT2D eigenvalue weighted by Crippen LogP contribution is -2.61. The number of allylic oxidation sites excluding steroid dienone is 1. The molecule has 9 heteroatoms. The Hall–Kier alpha value is -1.58. The minimum absolute atomic E-state index is 0.448. The zero-order chi connectivity index (χ0) is 20.4. The molecule has 1 aliphatic rings. The van der Waals surface area contributed by atoms with Crippen molar-refractivity contribution in [2.24, 2.45) is 0 Å². The Morgan fingerprint density at radius 3 is 2.07 bits per heavy atom. The van der Waals surface area contributed by atoms with Crippen LogP contribution in [0.2, 0.25) is 0 Å². The van der Waals surface area contributed by atoms with Gasteiger partial charge in [0, 0.05) is 20.8 Å². The van der Waals surface area contributed by atoms with Gasteiger partial charge in [-0.1, -0.05) is 6.08 Å². The second kappa shape index (κ2) is 12.0. The standard InChI is InChI=1S/C18H28O8S/c1-5-6-7-8-9-27-18-17(25-13(4)22)16(24-12(3)21)15(23-11(2)20)14(10-19)26-18/h5,14-19H,1,6-10H2,2-4H3. The Morgan fingerprint density at radius 1 is 1.00 bits per heavy atom. The van der Waals surface area contributed by atoms with Gasteiger partial charge in [-0.2, -0.15) is 0 Å². The summed E-state index contributed by atoms with van der Waals surface area (Å²) in [6, 6.07) is 0. The smallest absolute Gasteiger partial charge is 0.303 e. The van der Waals surface area contributed by atoms with Crippen molar-refractivity contribution in [2.75, 3.05) is 12.4 Å². The van der Waals surface area contributed by atoms with Crippen LogP contribution in [0, 0.1) is 0 Å². The molecule has 154 valence electrons. The zero-order valence-electron chi connectivity index (χ0n) is 15.9. The van der Waals surface area contributed by atoms with E-state index < -0.39 is 54.4 Å². The van der Waals surface area contributed by atoms with Crippen LogP contribution in [0.5, 0.6) is 0 Å². The highest BCUT2D eigenvalue weighted by atomic mass is 32.2. The SMILES string of the molecule is C=CCCCCSC1OC(CO)C(OC(C)=O)C(OC(C)=O)C1OC(C)=O. The number of hydrogen-bond donors (Lipinski definition) is 1. The summed E-state index contributed by atoms with van der Waals surface area (Å²) < 4.78 is 21.7. The van der Waals surface area contributed by atoms with E-state index in [9.17, 15) is 19.5 Å². The average Bonchev–Trinajstić information content (AvgIpc) is 2.57. The molecule has 0 amide bonds. The van der Waals surface area contributed by atoms with Gasteiger partial charge in [0.2, 0.25) is 0 Å². The van der Waals surface area contributed by atoms with Gasteiger partial charge in [0.1, 0.15) is 11.5 Å². The van der Waals surface area contributed by atoms with Crippen LogP contribution in [-0.4, -0.2) is 65.2 Å². The quantitative estimate of drug-likeness (QED) is 0.251. The maximum atomic E-state index is 11.6. The van der Waals surface area contributed by atoms with E-state index in [1.165, 1.54) is 32.5 Å². The number of aliphatic hydroxyl groups is 1. The molecule has 0 radical (unpaired) electrons. The zero-order valence-corrected chi connectivity index (χ0v) is 16.7. The molecule has 8 nitrogen and oxygen atoms in total. The van der Waals surface area contributed by atoms with Gasteiger partial charge in [-0.05, 0) is 25.0 Å². The fourth-order valence-electron chi connectivity index (χ4n) is 2.73. The van der Waals surface area contributed by atoms with Crippen molar-refractivity contribution < 1.29 is 38.4 Å². The van der Waals surface area contributed by atoms with Gasteiger partial charge in [0.05, 0.1) is 6.61 Å². The molecule has 1 aliphatic heterocycles. The van der Waals surface area contributed by atoms with Crippen LogP contribution < -0.4 is 0 Å². The lowest BCUT2D eigenvalue weighted by atomic mass is 9.99. The molecule has 27 heavy (non-hydrogen) atoms. The van der Waals surface area contributed by atoms with Gasteiger partial charge in [-0.25, -0.2) is 0 Å². The summed E-state index contributed by atoms with van der Waals surface area (Å²) in [6.45, 7) is 6.86. The third-order valence-corrected chi connectivity index (χ3v) is 4.99. The fraction of sp³-hybridized carbons (Fsp3) is 0.722. The lowest BCUT2D eigenvalue weighted by Gasteiger charge is -2.44. The number of aliphatic hydroxyl groups excluding tert-OH is 1. The van der Waals surface area contributed by atoms with Gasteiger partial charge in [0.25, 0.3) is 0 Å². The molecule has 0 aromatic heterocycles. The number of unbranched alkanes of at least 4 members (excludes halogenated alkanes) is 2. The van der Waals surface area contributed by atoms with Crippen molar-refractivity contribution in [2.45, 2.75) is 69.9 Å². The first-order chi connectivity index (χ1) is 12.8. The van der Waals surface area contributed by atoms with Crippen LogP contribution in [-0.2, 0) is 33.3 Å². The van der Waals surface area contributed by atoms with E-state index in [-0.39, 0.29) is 0 Å². The van der Waals surface area contributed by atoms with Crippen molar-refractivity contribution in [3.05, 3.63) is 12.7 Å². The molecule has 0 aromatic rings. The van der Waals surface area contributed by atoms with Gasteiger partial charge in [-0.15, -0.1) is 18.3 Å². The first-order valence-corrected chi connectivity index (χ1v) is 9.85. The Labute approximate surface area is 163 Å². The van der Waals surface area contributed by atoms with E-state index >= 15 is 0 Å². The van der Waals surface area contributed by atoms with Crippen LogP contribution >= 0.6 is 11.8 Å². The van der Waals surface area contributed by atoms with Crippen molar-refractivity contribution in [1.82, 2.24) is 0 Å².